The van der Waals surface area contributed by atoms with Crippen LogP contribution in [0.3, 0.4) is 0 Å². The summed E-state index contributed by atoms with van der Waals surface area (Å²) in [5.41, 5.74) is 3.43. The zero-order valence-electron chi connectivity index (χ0n) is 18.5. The Labute approximate surface area is 203 Å². The van der Waals surface area contributed by atoms with Gasteiger partial charge in [0.2, 0.25) is 0 Å². The van der Waals surface area contributed by atoms with Crippen molar-refractivity contribution in [1.82, 2.24) is 9.21 Å². The number of aryl methyl sites for hydroxylation is 2. The van der Waals surface area contributed by atoms with Gasteiger partial charge in [-0.2, -0.15) is 5.26 Å². The number of carbonyl (C=O) groups excluding carboxylic acids is 1. The molecule has 1 amide bonds. The van der Waals surface area contributed by atoms with E-state index in [1.54, 1.807) is 24.1 Å². The minimum absolute atomic E-state index is 0.0616. The second kappa shape index (κ2) is 10.3. The monoisotopic (exact) mass is 477 g/mol. The largest absolute Gasteiger partial charge is 0.456 e. The molecule has 3 aromatic carbocycles. The average molecular weight is 478 g/mol. The lowest BCUT2D eigenvalue weighted by Gasteiger charge is -2.34. The molecule has 168 valence electrons. The molecule has 0 saturated carbocycles. The normalized spacial score (nSPS) is 14.1. The van der Waals surface area contributed by atoms with Crippen molar-refractivity contribution in [3.05, 3.63) is 87.9 Å². The van der Waals surface area contributed by atoms with Crippen LogP contribution in [-0.4, -0.2) is 41.3 Å². The molecule has 1 saturated heterocycles. The maximum atomic E-state index is 12.8. The van der Waals surface area contributed by atoms with E-state index in [0.717, 1.165) is 34.7 Å². The SMILES string of the molecule is Cc1ccc(C(=O)N2CCN(Sc3cc(C#N)ccc3Oc3cc(C)cc(Cl)c3)CC2)cc1. The number of halogens is 1. The quantitative estimate of drug-likeness (QED) is 0.416. The molecule has 1 aliphatic rings. The molecule has 33 heavy (non-hydrogen) atoms. The molecule has 1 heterocycles. The number of ether oxygens (including phenoxy) is 1. The van der Waals surface area contributed by atoms with Gasteiger partial charge in [0.05, 0.1) is 16.5 Å². The summed E-state index contributed by atoms with van der Waals surface area (Å²) in [6.45, 7) is 6.69. The predicted octanol–water partition coefficient (Wildman–Crippen LogP) is 6.09. The molecule has 0 unspecified atom stereocenters. The third kappa shape index (κ3) is 5.88. The topological polar surface area (TPSA) is 56.6 Å². The summed E-state index contributed by atoms with van der Waals surface area (Å²) in [5, 5.41) is 9.98. The number of amides is 1. The van der Waals surface area contributed by atoms with Crippen molar-refractivity contribution >= 4 is 29.5 Å². The van der Waals surface area contributed by atoms with E-state index in [0.29, 0.717) is 35.2 Å². The van der Waals surface area contributed by atoms with Crippen molar-refractivity contribution in [3.8, 4) is 17.6 Å². The summed E-state index contributed by atoms with van der Waals surface area (Å²) in [6, 6.07) is 20.9. The molecule has 0 atom stereocenters. The van der Waals surface area contributed by atoms with E-state index in [-0.39, 0.29) is 5.91 Å². The van der Waals surface area contributed by atoms with Crippen molar-refractivity contribution < 1.29 is 9.53 Å². The zero-order valence-corrected chi connectivity index (χ0v) is 20.1. The van der Waals surface area contributed by atoms with E-state index < -0.39 is 0 Å². The Bertz CT molecular complexity index is 1180. The van der Waals surface area contributed by atoms with Crippen LogP contribution in [0.5, 0.6) is 11.5 Å². The van der Waals surface area contributed by atoms with Gasteiger partial charge in [0.15, 0.2) is 0 Å². The van der Waals surface area contributed by atoms with Gasteiger partial charge in [-0.15, -0.1) is 0 Å². The highest BCUT2D eigenvalue weighted by Crippen LogP contribution is 2.37. The van der Waals surface area contributed by atoms with Crippen LogP contribution >= 0.6 is 23.5 Å². The Kier molecular flexibility index (Phi) is 7.24. The smallest absolute Gasteiger partial charge is 0.253 e. The van der Waals surface area contributed by atoms with Crippen LogP contribution in [0, 0.1) is 25.2 Å². The Morgan fingerprint density at radius 3 is 2.36 bits per heavy atom. The summed E-state index contributed by atoms with van der Waals surface area (Å²) in [4.78, 5) is 15.5. The first-order valence-electron chi connectivity index (χ1n) is 10.7. The van der Waals surface area contributed by atoms with Crippen molar-refractivity contribution in [3.63, 3.8) is 0 Å². The lowest BCUT2D eigenvalue weighted by atomic mass is 10.1. The van der Waals surface area contributed by atoms with Crippen LogP contribution in [0.2, 0.25) is 5.02 Å². The van der Waals surface area contributed by atoms with Crippen molar-refractivity contribution in [2.24, 2.45) is 0 Å². The van der Waals surface area contributed by atoms with Crippen LogP contribution in [0.1, 0.15) is 27.0 Å². The third-order valence-corrected chi connectivity index (χ3v) is 6.73. The average Bonchev–Trinajstić information content (AvgIpc) is 2.80. The Balaban J connectivity index is 1.45. The van der Waals surface area contributed by atoms with E-state index in [9.17, 15) is 10.1 Å². The molecule has 4 rings (SSSR count). The van der Waals surface area contributed by atoms with Gasteiger partial charge in [0.1, 0.15) is 11.5 Å². The zero-order chi connectivity index (χ0) is 23.4. The van der Waals surface area contributed by atoms with Gasteiger partial charge in [-0.05, 0) is 79.9 Å². The van der Waals surface area contributed by atoms with E-state index in [1.165, 1.54) is 0 Å². The number of piperazine rings is 1. The fraction of sp³-hybridized carbons (Fsp3) is 0.231. The highest BCUT2D eigenvalue weighted by molar-refractivity contribution is 7.97. The lowest BCUT2D eigenvalue weighted by Crippen LogP contribution is -2.46. The standard InChI is InChI=1S/C26H24ClN3O2S/c1-18-3-6-21(7-4-18)26(31)29-9-11-30(12-10-29)33-25-15-20(17-28)5-8-24(25)32-23-14-19(2)13-22(27)16-23/h3-8,13-16H,9-12H2,1-2H3. The Morgan fingerprint density at radius 2 is 1.70 bits per heavy atom. The van der Waals surface area contributed by atoms with Gasteiger partial charge in [0, 0.05) is 36.8 Å². The van der Waals surface area contributed by atoms with Crippen LogP contribution < -0.4 is 4.74 Å². The van der Waals surface area contributed by atoms with E-state index in [1.807, 2.05) is 67.3 Å². The van der Waals surface area contributed by atoms with Gasteiger partial charge in [-0.1, -0.05) is 29.3 Å². The molecule has 0 spiro atoms. The molecule has 0 N–H and O–H groups in total. The molecule has 3 aromatic rings. The number of nitriles is 1. The second-order valence-corrected chi connectivity index (χ2v) is 9.59. The number of hydrogen-bond acceptors (Lipinski definition) is 5. The number of nitrogens with zero attached hydrogens (tertiary/aromatic N) is 3. The lowest BCUT2D eigenvalue weighted by molar-refractivity contribution is 0.0703. The number of rotatable bonds is 5. The summed E-state index contributed by atoms with van der Waals surface area (Å²) < 4.78 is 8.33. The van der Waals surface area contributed by atoms with Gasteiger partial charge in [-0.3, -0.25) is 4.79 Å². The number of benzene rings is 3. The molecule has 5 nitrogen and oxygen atoms in total. The summed E-state index contributed by atoms with van der Waals surface area (Å²) >= 11 is 7.73. The number of hydrogen-bond donors (Lipinski definition) is 0. The highest BCUT2D eigenvalue weighted by atomic mass is 35.5. The molecule has 7 heteroatoms. The molecule has 1 aliphatic heterocycles. The summed E-state index contributed by atoms with van der Waals surface area (Å²) in [7, 11) is 0. The van der Waals surface area contributed by atoms with Crippen LogP contribution in [0.25, 0.3) is 0 Å². The van der Waals surface area contributed by atoms with E-state index in [4.69, 9.17) is 16.3 Å². The minimum Gasteiger partial charge on any atom is -0.456 e. The van der Waals surface area contributed by atoms with Crippen LogP contribution in [-0.2, 0) is 0 Å². The molecule has 0 bridgehead atoms. The molecule has 0 aromatic heterocycles. The molecular weight excluding hydrogens is 454 g/mol. The molecular formula is C26H24ClN3O2S. The van der Waals surface area contributed by atoms with Gasteiger partial charge < -0.3 is 9.64 Å². The fourth-order valence-electron chi connectivity index (χ4n) is 3.62. The van der Waals surface area contributed by atoms with E-state index >= 15 is 0 Å². The van der Waals surface area contributed by atoms with Crippen molar-refractivity contribution in [2.75, 3.05) is 26.2 Å². The molecule has 0 aliphatic carbocycles. The van der Waals surface area contributed by atoms with Gasteiger partial charge in [-0.25, -0.2) is 4.31 Å². The minimum atomic E-state index is 0.0616. The van der Waals surface area contributed by atoms with Crippen LogP contribution in [0.15, 0.2) is 65.6 Å². The first kappa shape index (κ1) is 23.2. The van der Waals surface area contributed by atoms with Crippen LogP contribution in [0.4, 0.5) is 0 Å². The van der Waals surface area contributed by atoms with Gasteiger partial charge >= 0.3 is 0 Å². The van der Waals surface area contributed by atoms with Gasteiger partial charge in [0.25, 0.3) is 5.91 Å². The Hall–Kier alpha value is -2.98. The highest BCUT2D eigenvalue weighted by Gasteiger charge is 2.23. The predicted molar refractivity (Wildman–Crippen MR) is 132 cm³/mol. The molecule has 0 radical (unpaired) electrons. The second-order valence-electron chi connectivity index (χ2n) is 8.02. The maximum Gasteiger partial charge on any atom is 0.253 e. The fourth-order valence-corrected chi connectivity index (χ4v) is 4.91. The first-order chi connectivity index (χ1) is 15.9. The van der Waals surface area contributed by atoms with E-state index in [2.05, 4.69) is 10.4 Å². The van der Waals surface area contributed by atoms with Crippen molar-refractivity contribution in [2.45, 2.75) is 18.7 Å². The van der Waals surface area contributed by atoms with Crippen molar-refractivity contribution in [1.29, 1.82) is 5.26 Å². The molecule has 1 fully saturated rings. The summed E-state index contributed by atoms with van der Waals surface area (Å²) in [6.07, 6.45) is 0. The maximum absolute atomic E-state index is 12.8. The first-order valence-corrected chi connectivity index (χ1v) is 11.8. The summed E-state index contributed by atoms with van der Waals surface area (Å²) in [5.74, 6) is 1.38. The Morgan fingerprint density at radius 1 is 0.970 bits per heavy atom. The third-order valence-electron chi connectivity index (χ3n) is 5.37. The number of carbonyl (C=O) groups is 1.